The van der Waals surface area contributed by atoms with E-state index in [4.69, 9.17) is 4.74 Å². The lowest BCUT2D eigenvalue weighted by molar-refractivity contribution is -0.118. The predicted molar refractivity (Wildman–Crippen MR) is 104 cm³/mol. The van der Waals surface area contributed by atoms with Gasteiger partial charge in [-0.3, -0.25) is 4.79 Å². The van der Waals surface area contributed by atoms with Crippen molar-refractivity contribution in [3.8, 4) is 5.75 Å². The summed E-state index contributed by atoms with van der Waals surface area (Å²) in [5, 5.41) is 2.52. The zero-order valence-electron chi connectivity index (χ0n) is 15.4. The third-order valence-electron chi connectivity index (χ3n) is 4.54. The Kier molecular flexibility index (Phi) is 6.64. The molecule has 1 fully saturated rings. The number of hydrogen-bond acceptors (Lipinski definition) is 4. The van der Waals surface area contributed by atoms with Crippen molar-refractivity contribution >= 4 is 21.6 Å². The maximum absolute atomic E-state index is 13.1. The molecule has 3 rings (SSSR count). The van der Waals surface area contributed by atoms with Gasteiger partial charge in [-0.15, -0.1) is 0 Å². The van der Waals surface area contributed by atoms with E-state index in [0.29, 0.717) is 11.4 Å². The molecule has 1 aliphatic carbocycles. The fourth-order valence-corrected chi connectivity index (χ4v) is 4.44. The number of carbonyl (C=O) groups is 1. The van der Waals surface area contributed by atoms with E-state index < -0.39 is 21.7 Å². The first-order chi connectivity index (χ1) is 13.4. The number of anilines is 1. The second-order valence-electron chi connectivity index (χ2n) is 6.77. The first-order valence-corrected chi connectivity index (χ1v) is 10.7. The fraction of sp³-hybridized carbons (Fsp3) is 0.350. The Balaban J connectivity index is 1.53. The molecular formula is C20H23FN2O4S. The number of rotatable bonds is 7. The fourth-order valence-electron chi connectivity index (χ4n) is 3.14. The molecule has 0 heterocycles. The first kappa shape index (κ1) is 20.3. The van der Waals surface area contributed by atoms with Crippen LogP contribution in [0.1, 0.15) is 32.1 Å². The molecule has 2 aromatic rings. The smallest absolute Gasteiger partial charge is 0.262 e. The van der Waals surface area contributed by atoms with Crippen LogP contribution < -0.4 is 14.8 Å². The summed E-state index contributed by atoms with van der Waals surface area (Å²) in [7, 11) is -3.57. The molecule has 1 aliphatic rings. The number of nitrogens with one attached hydrogen (secondary N) is 2. The minimum absolute atomic E-state index is 0.0128. The van der Waals surface area contributed by atoms with E-state index in [-0.39, 0.29) is 17.5 Å². The van der Waals surface area contributed by atoms with Gasteiger partial charge in [0.25, 0.3) is 5.91 Å². The summed E-state index contributed by atoms with van der Waals surface area (Å²) >= 11 is 0. The summed E-state index contributed by atoms with van der Waals surface area (Å²) in [6.07, 6.45) is 4.95. The second kappa shape index (κ2) is 9.16. The molecule has 28 heavy (non-hydrogen) atoms. The van der Waals surface area contributed by atoms with Crippen LogP contribution in [0, 0.1) is 5.82 Å². The van der Waals surface area contributed by atoms with E-state index in [1.54, 1.807) is 6.07 Å². The zero-order valence-corrected chi connectivity index (χ0v) is 16.2. The Morgan fingerprint density at radius 1 is 1.07 bits per heavy atom. The van der Waals surface area contributed by atoms with Gasteiger partial charge < -0.3 is 10.1 Å². The average Bonchev–Trinajstić information content (AvgIpc) is 2.67. The average molecular weight is 406 g/mol. The monoisotopic (exact) mass is 406 g/mol. The largest absolute Gasteiger partial charge is 0.484 e. The van der Waals surface area contributed by atoms with Crippen molar-refractivity contribution in [3.05, 3.63) is 54.3 Å². The van der Waals surface area contributed by atoms with Crippen LogP contribution in [-0.4, -0.2) is 27.0 Å². The van der Waals surface area contributed by atoms with Crippen molar-refractivity contribution in [1.29, 1.82) is 0 Å². The van der Waals surface area contributed by atoms with Gasteiger partial charge in [-0.25, -0.2) is 17.5 Å². The maximum Gasteiger partial charge on any atom is 0.262 e. The highest BCUT2D eigenvalue weighted by atomic mass is 32.2. The van der Waals surface area contributed by atoms with Crippen LogP contribution >= 0.6 is 0 Å². The Labute approximate surface area is 164 Å². The SMILES string of the molecule is O=C(COc1ccc(S(=O)(=O)NC2CCCCC2)cc1)Nc1cccc(F)c1. The van der Waals surface area contributed by atoms with Gasteiger partial charge in [0.2, 0.25) is 10.0 Å². The van der Waals surface area contributed by atoms with Gasteiger partial charge in [0.15, 0.2) is 6.61 Å². The van der Waals surface area contributed by atoms with Gasteiger partial charge >= 0.3 is 0 Å². The number of halogens is 1. The van der Waals surface area contributed by atoms with E-state index in [0.717, 1.165) is 32.1 Å². The molecule has 1 amide bonds. The predicted octanol–water partition coefficient (Wildman–Crippen LogP) is 3.45. The number of amides is 1. The van der Waals surface area contributed by atoms with E-state index >= 15 is 0 Å². The molecule has 150 valence electrons. The van der Waals surface area contributed by atoms with Gasteiger partial charge in [0.1, 0.15) is 11.6 Å². The summed E-state index contributed by atoms with van der Waals surface area (Å²) < 4.78 is 46.2. The third kappa shape index (κ3) is 5.77. The molecule has 0 spiro atoms. The lowest BCUT2D eigenvalue weighted by Gasteiger charge is -2.22. The van der Waals surface area contributed by atoms with E-state index in [2.05, 4.69) is 10.0 Å². The molecule has 0 saturated heterocycles. The molecule has 0 bridgehead atoms. The lowest BCUT2D eigenvalue weighted by Crippen LogP contribution is -2.36. The second-order valence-corrected chi connectivity index (χ2v) is 8.49. The Morgan fingerprint density at radius 2 is 1.79 bits per heavy atom. The van der Waals surface area contributed by atoms with Crippen LogP contribution in [-0.2, 0) is 14.8 Å². The quantitative estimate of drug-likeness (QED) is 0.738. The maximum atomic E-state index is 13.1. The molecule has 1 saturated carbocycles. The standard InChI is InChI=1S/C20H23FN2O4S/c21-15-5-4-8-17(13-15)22-20(24)14-27-18-9-11-19(12-10-18)28(25,26)23-16-6-2-1-3-7-16/h4-5,8-13,16,23H,1-3,6-7,14H2,(H,22,24). The molecule has 6 nitrogen and oxygen atoms in total. The van der Waals surface area contributed by atoms with Crippen LogP contribution in [0.2, 0.25) is 0 Å². The van der Waals surface area contributed by atoms with Crippen LogP contribution in [0.15, 0.2) is 53.4 Å². The van der Waals surface area contributed by atoms with Crippen molar-refractivity contribution in [3.63, 3.8) is 0 Å². The Morgan fingerprint density at radius 3 is 2.46 bits per heavy atom. The minimum atomic E-state index is -3.57. The van der Waals surface area contributed by atoms with Gasteiger partial charge in [0.05, 0.1) is 4.90 Å². The molecule has 2 aromatic carbocycles. The van der Waals surface area contributed by atoms with Crippen LogP contribution in [0.3, 0.4) is 0 Å². The number of benzene rings is 2. The van der Waals surface area contributed by atoms with Crippen molar-refractivity contribution in [2.45, 2.75) is 43.0 Å². The summed E-state index contributed by atoms with van der Waals surface area (Å²) in [5.41, 5.74) is 0.337. The molecule has 0 unspecified atom stereocenters. The van der Waals surface area contributed by atoms with Crippen LogP contribution in [0.5, 0.6) is 5.75 Å². The van der Waals surface area contributed by atoms with Gasteiger partial charge in [0, 0.05) is 11.7 Å². The molecule has 0 atom stereocenters. The van der Waals surface area contributed by atoms with Crippen molar-refractivity contribution < 1.29 is 22.3 Å². The van der Waals surface area contributed by atoms with Gasteiger partial charge in [-0.1, -0.05) is 25.3 Å². The number of ether oxygens (including phenoxy) is 1. The van der Waals surface area contributed by atoms with Crippen LogP contribution in [0.4, 0.5) is 10.1 Å². The number of hydrogen-bond donors (Lipinski definition) is 2. The van der Waals surface area contributed by atoms with Crippen molar-refractivity contribution in [2.24, 2.45) is 0 Å². The van der Waals surface area contributed by atoms with Crippen LogP contribution in [0.25, 0.3) is 0 Å². The molecule has 0 aromatic heterocycles. The molecule has 0 aliphatic heterocycles. The molecule has 2 N–H and O–H groups in total. The number of sulfonamides is 1. The summed E-state index contributed by atoms with van der Waals surface area (Å²) in [6.45, 7) is -0.275. The first-order valence-electron chi connectivity index (χ1n) is 9.23. The number of carbonyl (C=O) groups excluding carboxylic acids is 1. The molecular weight excluding hydrogens is 383 g/mol. The molecule has 8 heteroatoms. The van der Waals surface area contributed by atoms with E-state index in [9.17, 15) is 17.6 Å². The highest BCUT2D eigenvalue weighted by molar-refractivity contribution is 7.89. The van der Waals surface area contributed by atoms with Gasteiger partial charge in [-0.2, -0.15) is 0 Å². The Bertz CT molecular complexity index is 910. The Hall–Kier alpha value is -2.45. The molecule has 0 radical (unpaired) electrons. The minimum Gasteiger partial charge on any atom is -0.484 e. The van der Waals surface area contributed by atoms with Crippen molar-refractivity contribution in [1.82, 2.24) is 4.72 Å². The van der Waals surface area contributed by atoms with Crippen molar-refractivity contribution in [2.75, 3.05) is 11.9 Å². The summed E-state index contributed by atoms with van der Waals surface area (Å²) in [4.78, 5) is 12.0. The van der Waals surface area contributed by atoms with E-state index in [1.807, 2.05) is 0 Å². The summed E-state index contributed by atoms with van der Waals surface area (Å²) in [5.74, 6) is -0.523. The normalized spacial score (nSPS) is 15.2. The van der Waals surface area contributed by atoms with E-state index in [1.165, 1.54) is 42.5 Å². The van der Waals surface area contributed by atoms with Gasteiger partial charge in [-0.05, 0) is 55.3 Å². The highest BCUT2D eigenvalue weighted by Gasteiger charge is 2.21. The zero-order chi connectivity index (χ0) is 20.0. The summed E-state index contributed by atoms with van der Waals surface area (Å²) in [6, 6.07) is 11.4. The topological polar surface area (TPSA) is 84.5 Å². The highest BCUT2D eigenvalue weighted by Crippen LogP contribution is 2.21. The lowest BCUT2D eigenvalue weighted by atomic mass is 9.96. The third-order valence-corrected chi connectivity index (χ3v) is 6.08.